The number of amides is 2. The van der Waals surface area contributed by atoms with Crippen LogP contribution >= 0.6 is 0 Å². The number of hydrogen-bond donors (Lipinski definition) is 3. The predicted molar refractivity (Wildman–Crippen MR) is 124 cm³/mol. The standard InChI is InChI=1S/C24H41N3O4/c1-24(2,3)31-23(29)27-18-17-26-22(28)21(30-19-10-5-4-9-16-25)15-11-14-20-12-7-6-8-13-20/h6-8,12-13,21H,4-5,9-11,14-19,25H2,1-3H3,(H,26,28)(H,27,29). The number of rotatable bonds is 15. The quantitative estimate of drug-likeness (QED) is 0.366. The summed E-state index contributed by atoms with van der Waals surface area (Å²) in [5.41, 5.74) is 6.23. The second kappa shape index (κ2) is 15.6. The second-order valence-electron chi connectivity index (χ2n) is 8.66. The molecule has 0 aromatic heterocycles. The zero-order chi connectivity index (χ0) is 23.0. The third-order valence-corrected chi connectivity index (χ3v) is 4.58. The van der Waals surface area contributed by atoms with Gasteiger partial charge in [-0.3, -0.25) is 4.79 Å². The summed E-state index contributed by atoms with van der Waals surface area (Å²) in [6.45, 7) is 7.32. The molecule has 0 bridgehead atoms. The molecule has 1 aromatic carbocycles. The van der Waals surface area contributed by atoms with Crippen LogP contribution in [-0.2, 0) is 20.7 Å². The molecule has 7 nitrogen and oxygen atoms in total. The Balaban J connectivity index is 2.39. The summed E-state index contributed by atoms with van der Waals surface area (Å²) in [5.74, 6) is -0.138. The van der Waals surface area contributed by atoms with Crippen molar-refractivity contribution in [2.45, 2.75) is 77.4 Å². The summed E-state index contributed by atoms with van der Waals surface area (Å²) >= 11 is 0. The van der Waals surface area contributed by atoms with Crippen molar-refractivity contribution < 1.29 is 19.1 Å². The van der Waals surface area contributed by atoms with E-state index in [1.54, 1.807) is 0 Å². The summed E-state index contributed by atoms with van der Waals surface area (Å²) in [4.78, 5) is 24.3. The Morgan fingerprint density at radius 2 is 1.65 bits per heavy atom. The van der Waals surface area contributed by atoms with Crippen LogP contribution in [0.5, 0.6) is 0 Å². The SMILES string of the molecule is CC(C)(C)OC(=O)NCCNC(=O)C(CCCc1ccccc1)OCCCCCCN. The van der Waals surface area contributed by atoms with Gasteiger partial charge in [0.25, 0.3) is 0 Å². The average Bonchev–Trinajstić information content (AvgIpc) is 2.71. The Bertz CT molecular complexity index is 617. The minimum absolute atomic E-state index is 0.138. The monoisotopic (exact) mass is 435 g/mol. The van der Waals surface area contributed by atoms with E-state index in [0.717, 1.165) is 38.5 Å². The van der Waals surface area contributed by atoms with Gasteiger partial charge in [0, 0.05) is 19.7 Å². The van der Waals surface area contributed by atoms with E-state index in [-0.39, 0.29) is 5.91 Å². The fourth-order valence-electron chi connectivity index (χ4n) is 3.03. The van der Waals surface area contributed by atoms with E-state index in [0.29, 0.717) is 32.7 Å². The highest BCUT2D eigenvalue weighted by atomic mass is 16.6. The van der Waals surface area contributed by atoms with Crippen LogP contribution in [0.1, 0.15) is 64.9 Å². The van der Waals surface area contributed by atoms with Crippen LogP contribution < -0.4 is 16.4 Å². The fraction of sp³-hybridized carbons (Fsp3) is 0.667. The van der Waals surface area contributed by atoms with Gasteiger partial charge in [-0.05, 0) is 65.0 Å². The molecule has 0 saturated carbocycles. The van der Waals surface area contributed by atoms with Gasteiger partial charge in [-0.15, -0.1) is 0 Å². The lowest BCUT2D eigenvalue weighted by Crippen LogP contribution is -2.42. The molecule has 1 rings (SSSR count). The van der Waals surface area contributed by atoms with Crippen LogP contribution in [0.25, 0.3) is 0 Å². The maximum atomic E-state index is 12.6. The lowest BCUT2D eigenvalue weighted by atomic mass is 10.1. The molecular formula is C24H41N3O4. The normalized spacial score (nSPS) is 12.3. The Morgan fingerprint density at radius 1 is 0.968 bits per heavy atom. The molecule has 4 N–H and O–H groups in total. The molecule has 1 unspecified atom stereocenters. The lowest BCUT2D eigenvalue weighted by Gasteiger charge is -2.20. The highest BCUT2D eigenvalue weighted by Gasteiger charge is 2.19. The number of aryl methyl sites for hydroxylation is 1. The molecule has 0 heterocycles. The van der Waals surface area contributed by atoms with Gasteiger partial charge in [-0.2, -0.15) is 0 Å². The van der Waals surface area contributed by atoms with Crippen molar-refractivity contribution in [1.29, 1.82) is 0 Å². The first-order valence-electron chi connectivity index (χ1n) is 11.4. The minimum atomic E-state index is -0.546. The first-order chi connectivity index (χ1) is 14.8. The van der Waals surface area contributed by atoms with Crippen LogP contribution in [0, 0.1) is 0 Å². The van der Waals surface area contributed by atoms with Crippen molar-refractivity contribution in [1.82, 2.24) is 10.6 Å². The van der Waals surface area contributed by atoms with Crippen molar-refractivity contribution in [2.24, 2.45) is 5.73 Å². The van der Waals surface area contributed by atoms with E-state index < -0.39 is 17.8 Å². The Morgan fingerprint density at radius 3 is 2.32 bits per heavy atom. The molecule has 0 fully saturated rings. The summed E-state index contributed by atoms with van der Waals surface area (Å²) in [5, 5.41) is 5.50. The van der Waals surface area contributed by atoms with Crippen molar-refractivity contribution >= 4 is 12.0 Å². The first kappa shape index (κ1) is 26.9. The van der Waals surface area contributed by atoms with E-state index in [9.17, 15) is 9.59 Å². The smallest absolute Gasteiger partial charge is 0.407 e. The number of ether oxygens (including phenoxy) is 2. The van der Waals surface area contributed by atoms with Gasteiger partial charge in [-0.1, -0.05) is 43.2 Å². The Hall–Kier alpha value is -2.12. The van der Waals surface area contributed by atoms with E-state index in [1.165, 1.54) is 5.56 Å². The molecule has 0 aliphatic heterocycles. The zero-order valence-electron chi connectivity index (χ0n) is 19.5. The highest BCUT2D eigenvalue weighted by molar-refractivity contribution is 5.80. The number of hydrogen-bond acceptors (Lipinski definition) is 5. The first-order valence-corrected chi connectivity index (χ1v) is 11.4. The number of carbonyl (C=O) groups excluding carboxylic acids is 2. The summed E-state index contributed by atoms with van der Waals surface area (Å²) in [6, 6.07) is 10.2. The number of unbranched alkanes of at least 4 members (excludes halogenated alkanes) is 3. The molecular weight excluding hydrogens is 394 g/mol. The second-order valence-corrected chi connectivity index (χ2v) is 8.66. The molecule has 0 saturated heterocycles. The number of nitrogens with one attached hydrogen (secondary N) is 2. The van der Waals surface area contributed by atoms with Gasteiger partial charge in [0.2, 0.25) is 5.91 Å². The molecule has 1 aromatic rings. The molecule has 0 radical (unpaired) electrons. The molecule has 2 amide bonds. The lowest BCUT2D eigenvalue weighted by molar-refractivity contribution is -0.133. The average molecular weight is 436 g/mol. The molecule has 31 heavy (non-hydrogen) atoms. The number of benzene rings is 1. The van der Waals surface area contributed by atoms with Crippen molar-refractivity contribution in [2.75, 3.05) is 26.2 Å². The largest absolute Gasteiger partial charge is 0.444 e. The molecule has 0 spiro atoms. The van der Waals surface area contributed by atoms with Gasteiger partial charge in [0.15, 0.2) is 0 Å². The fourth-order valence-corrected chi connectivity index (χ4v) is 3.03. The van der Waals surface area contributed by atoms with Gasteiger partial charge in [-0.25, -0.2) is 4.79 Å². The van der Waals surface area contributed by atoms with Crippen LogP contribution in [0.15, 0.2) is 30.3 Å². The number of carbonyl (C=O) groups is 2. The Kier molecular flexibility index (Phi) is 13.6. The summed E-state index contributed by atoms with van der Waals surface area (Å²) in [7, 11) is 0. The minimum Gasteiger partial charge on any atom is -0.444 e. The van der Waals surface area contributed by atoms with Gasteiger partial charge >= 0.3 is 6.09 Å². The molecule has 1 atom stereocenters. The molecule has 7 heteroatoms. The summed E-state index contributed by atoms with van der Waals surface area (Å²) in [6.07, 6.45) is 5.53. The van der Waals surface area contributed by atoms with E-state index in [4.69, 9.17) is 15.2 Å². The third kappa shape index (κ3) is 14.5. The maximum Gasteiger partial charge on any atom is 0.407 e. The predicted octanol–water partition coefficient (Wildman–Crippen LogP) is 3.55. The van der Waals surface area contributed by atoms with Gasteiger partial charge in [0.05, 0.1) is 0 Å². The maximum absolute atomic E-state index is 12.6. The number of nitrogens with two attached hydrogens (primary N) is 1. The summed E-state index contributed by atoms with van der Waals surface area (Å²) < 4.78 is 11.1. The van der Waals surface area contributed by atoms with Gasteiger partial charge < -0.3 is 25.8 Å². The van der Waals surface area contributed by atoms with E-state index in [2.05, 4.69) is 22.8 Å². The van der Waals surface area contributed by atoms with Crippen LogP contribution in [0.2, 0.25) is 0 Å². The molecule has 176 valence electrons. The van der Waals surface area contributed by atoms with Crippen LogP contribution in [0.4, 0.5) is 4.79 Å². The van der Waals surface area contributed by atoms with Crippen LogP contribution in [0.3, 0.4) is 0 Å². The van der Waals surface area contributed by atoms with Crippen molar-refractivity contribution in [3.8, 4) is 0 Å². The zero-order valence-corrected chi connectivity index (χ0v) is 19.5. The third-order valence-electron chi connectivity index (χ3n) is 4.58. The topological polar surface area (TPSA) is 103 Å². The molecule has 0 aliphatic rings. The highest BCUT2D eigenvalue weighted by Crippen LogP contribution is 2.11. The van der Waals surface area contributed by atoms with E-state index >= 15 is 0 Å². The van der Waals surface area contributed by atoms with Crippen molar-refractivity contribution in [3.05, 3.63) is 35.9 Å². The van der Waals surface area contributed by atoms with E-state index in [1.807, 2.05) is 39.0 Å². The van der Waals surface area contributed by atoms with Crippen LogP contribution in [-0.4, -0.2) is 49.9 Å². The number of alkyl carbamates (subject to hydrolysis) is 1. The molecule has 0 aliphatic carbocycles. The van der Waals surface area contributed by atoms with Gasteiger partial charge in [0.1, 0.15) is 11.7 Å². The van der Waals surface area contributed by atoms with Crippen molar-refractivity contribution in [3.63, 3.8) is 0 Å². The Labute approximate surface area is 187 Å².